The van der Waals surface area contributed by atoms with Crippen molar-refractivity contribution < 1.29 is 23.1 Å². The fraction of sp³-hybridized carbons (Fsp3) is 0.500. The van der Waals surface area contributed by atoms with Crippen LogP contribution in [0, 0.1) is 0 Å². The highest BCUT2D eigenvalue weighted by atomic mass is 32.2. The molecule has 0 aliphatic rings. The SMILES string of the molecule is CC(C)(C)c1ccc(SC(CC(=O)O)C(F)(F)F)cc1. The van der Waals surface area contributed by atoms with E-state index in [4.69, 9.17) is 5.11 Å². The van der Waals surface area contributed by atoms with Crippen molar-refractivity contribution in [3.63, 3.8) is 0 Å². The second-order valence-corrected chi connectivity index (χ2v) is 6.80. The first-order valence-corrected chi connectivity index (χ1v) is 6.94. The maximum atomic E-state index is 12.8. The molecule has 1 aromatic carbocycles. The van der Waals surface area contributed by atoms with E-state index in [2.05, 4.69) is 0 Å². The average Bonchev–Trinajstić information content (AvgIpc) is 2.25. The third-order valence-corrected chi connectivity index (χ3v) is 3.99. The van der Waals surface area contributed by atoms with Gasteiger partial charge in [0.05, 0.1) is 6.42 Å². The number of hydrogen-bond acceptors (Lipinski definition) is 2. The zero-order valence-electron chi connectivity index (χ0n) is 11.5. The Morgan fingerprint density at radius 2 is 1.70 bits per heavy atom. The van der Waals surface area contributed by atoms with Crippen LogP contribution in [-0.4, -0.2) is 22.5 Å². The van der Waals surface area contributed by atoms with Gasteiger partial charge in [0.25, 0.3) is 0 Å². The Hall–Kier alpha value is -1.17. The number of carboxylic acids is 1. The molecule has 1 atom stereocenters. The quantitative estimate of drug-likeness (QED) is 0.833. The molecule has 0 fully saturated rings. The van der Waals surface area contributed by atoms with E-state index in [9.17, 15) is 18.0 Å². The lowest BCUT2D eigenvalue weighted by Crippen LogP contribution is -2.28. The van der Waals surface area contributed by atoms with Crippen LogP contribution in [0.2, 0.25) is 0 Å². The van der Waals surface area contributed by atoms with Crippen molar-refractivity contribution in [1.82, 2.24) is 0 Å². The molecule has 2 nitrogen and oxygen atoms in total. The molecule has 0 saturated heterocycles. The molecular formula is C14H17F3O2S. The van der Waals surface area contributed by atoms with Crippen LogP contribution in [0.1, 0.15) is 32.8 Å². The van der Waals surface area contributed by atoms with Gasteiger partial charge in [0.15, 0.2) is 0 Å². The van der Waals surface area contributed by atoms with Gasteiger partial charge in [-0.3, -0.25) is 4.79 Å². The summed E-state index contributed by atoms with van der Waals surface area (Å²) in [6.07, 6.45) is -5.47. The highest BCUT2D eigenvalue weighted by Gasteiger charge is 2.41. The van der Waals surface area contributed by atoms with Crippen molar-refractivity contribution in [2.24, 2.45) is 0 Å². The van der Waals surface area contributed by atoms with E-state index in [0.717, 1.165) is 5.56 Å². The number of carboxylic acid groups (broad SMARTS) is 1. The number of alkyl halides is 3. The number of aliphatic carboxylic acids is 1. The maximum Gasteiger partial charge on any atom is 0.401 e. The van der Waals surface area contributed by atoms with E-state index in [1.54, 1.807) is 24.3 Å². The van der Waals surface area contributed by atoms with Gasteiger partial charge in [0.2, 0.25) is 0 Å². The molecule has 112 valence electrons. The second-order valence-electron chi connectivity index (χ2n) is 5.52. The number of thioether (sulfide) groups is 1. The predicted octanol–water partition coefficient (Wildman–Crippen LogP) is 4.48. The molecule has 1 unspecified atom stereocenters. The van der Waals surface area contributed by atoms with Crippen LogP contribution in [0.25, 0.3) is 0 Å². The molecule has 0 amide bonds. The smallest absolute Gasteiger partial charge is 0.401 e. The summed E-state index contributed by atoms with van der Waals surface area (Å²) in [4.78, 5) is 10.9. The van der Waals surface area contributed by atoms with E-state index in [1.165, 1.54) is 0 Å². The summed E-state index contributed by atoms with van der Waals surface area (Å²) in [5.41, 5.74) is 0.942. The lowest BCUT2D eigenvalue weighted by molar-refractivity contribution is -0.149. The zero-order valence-corrected chi connectivity index (χ0v) is 12.3. The number of rotatable bonds is 4. The van der Waals surface area contributed by atoms with Crippen LogP contribution in [0.4, 0.5) is 13.2 Å². The van der Waals surface area contributed by atoms with Gasteiger partial charge in [0, 0.05) is 4.90 Å². The van der Waals surface area contributed by atoms with Gasteiger partial charge in [0.1, 0.15) is 5.25 Å². The minimum Gasteiger partial charge on any atom is -0.481 e. The van der Waals surface area contributed by atoms with E-state index in [1.807, 2.05) is 20.8 Å². The van der Waals surface area contributed by atoms with Crippen molar-refractivity contribution in [2.75, 3.05) is 0 Å². The highest BCUT2D eigenvalue weighted by molar-refractivity contribution is 8.00. The fourth-order valence-corrected chi connectivity index (χ4v) is 2.56. The Morgan fingerprint density at radius 1 is 1.20 bits per heavy atom. The standard InChI is InChI=1S/C14H17F3O2S/c1-13(2,3)9-4-6-10(7-5-9)20-11(8-12(18)19)14(15,16)17/h4-7,11H,8H2,1-3H3,(H,18,19). The van der Waals surface area contributed by atoms with E-state index < -0.39 is 23.8 Å². The molecular weight excluding hydrogens is 289 g/mol. The lowest BCUT2D eigenvalue weighted by Gasteiger charge is -2.21. The Balaban J connectivity index is 2.87. The molecule has 0 radical (unpaired) electrons. The Morgan fingerprint density at radius 3 is 2.05 bits per heavy atom. The lowest BCUT2D eigenvalue weighted by atomic mass is 9.87. The van der Waals surface area contributed by atoms with Crippen LogP contribution in [0.15, 0.2) is 29.2 Å². The molecule has 1 N–H and O–H groups in total. The fourth-order valence-electron chi connectivity index (χ4n) is 1.58. The molecule has 20 heavy (non-hydrogen) atoms. The van der Waals surface area contributed by atoms with Crippen LogP contribution < -0.4 is 0 Å². The molecule has 0 aromatic heterocycles. The maximum absolute atomic E-state index is 12.8. The summed E-state index contributed by atoms with van der Waals surface area (Å²) in [6, 6.07) is 6.75. The zero-order chi connectivity index (χ0) is 15.6. The first kappa shape index (κ1) is 16.9. The second kappa shape index (κ2) is 6.08. The number of hydrogen-bond donors (Lipinski definition) is 1. The van der Waals surface area contributed by atoms with Gasteiger partial charge >= 0.3 is 12.1 Å². The Bertz CT molecular complexity index is 461. The van der Waals surface area contributed by atoms with Crippen molar-refractivity contribution in [3.8, 4) is 0 Å². The van der Waals surface area contributed by atoms with E-state index in [-0.39, 0.29) is 5.41 Å². The van der Waals surface area contributed by atoms with Crippen molar-refractivity contribution in [3.05, 3.63) is 29.8 Å². The minimum atomic E-state index is -4.54. The van der Waals surface area contributed by atoms with Crippen LogP contribution >= 0.6 is 11.8 Å². The monoisotopic (exact) mass is 306 g/mol. The normalized spacial score (nSPS) is 14.1. The third kappa shape index (κ3) is 5.07. The van der Waals surface area contributed by atoms with Crippen LogP contribution in [-0.2, 0) is 10.2 Å². The predicted molar refractivity (Wildman–Crippen MR) is 73.1 cm³/mol. The molecule has 0 spiro atoms. The van der Waals surface area contributed by atoms with Gasteiger partial charge in [-0.1, -0.05) is 32.9 Å². The van der Waals surface area contributed by atoms with Gasteiger partial charge in [-0.25, -0.2) is 0 Å². The van der Waals surface area contributed by atoms with Crippen LogP contribution in [0.3, 0.4) is 0 Å². The molecule has 0 saturated carbocycles. The molecule has 0 bridgehead atoms. The summed E-state index contributed by atoms with van der Waals surface area (Å²) in [6.45, 7) is 6.04. The van der Waals surface area contributed by atoms with Crippen LogP contribution in [0.5, 0.6) is 0 Å². The molecule has 0 aliphatic carbocycles. The topological polar surface area (TPSA) is 37.3 Å². The average molecular weight is 306 g/mol. The molecule has 1 rings (SSSR count). The Labute approximate surface area is 120 Å². The number of carbonyl (C=O) groups is 1. The van der Waals surface area contributed by atoms with Gasteiger partial charge in [-0.15, -0.1) is 11.8 Å². The van der Waals surface area contributed by atoms with Gasteiger partial charge in [-0.2, -0.15) is 13.2 Å². The van der Waals surface area contributed by atoms with E-state index >= 15 is 0 Å². The summed E-state index contributed by atoms with van der Waals surface area (Å²) >= 11 is 0.537. The highest BCUT2D eigenvalue weighted by Crippen LogP contribution is 2.37. The van der Waals surface area contributed by atoms with E-state index in [0.29, 0.717) is 16.7 Å². The summed E-state index contributed by atoms with van der Waals surface area (Å²) in [7, 11) is 0. The molecule has 0 heterocycles. The van der Waals surface area contributed by atoms with Gasteiger partial charge in [-0.05, 0) is 23.1 Å². The van der Waals surface area contributed by atoms with Gasteiger partial charge < -0.3 is 5.11 Å². The van der Waals surface area contributed by atoms with Crippen molar-refractivity contribution in [2.45, 2.75) is 48.9 Å². The molecule has 1 aromatic rings. The number of halogens is 3. The summed E-state index contributed by atoms with van der Waals surface area (Å²) < 4.78 is 38.3. The largest absolute Gasteiger partial charge is 0.481 e. The first-order chi connectivity index (χ1) is 9.00. The Kier molecular flexibility index (Phi) is 5.13. The van der Waals surface area contributed by atoms with Crippen molar-refractivity contribution in [1.29, 1.82) is 0 Å². The minimum absolute atomic E-state index is 0.0757. The van der Waals surface area contributed by atoms with Crippen molar-refractivity contribution >= 4 is 17.7 Å². The summed E-state index contributed by atoms with van der Waals surface area (Å²) in [5.74, 6) is -1.45. The number of benzene rings is 1. The third-order valence-electron chi connectivity index (χ3n) is 2.72. The molecule has 0 aliphatic heterocycles. The molecule has 6 heteroatoms. The first-order valence-electron chi connectivity index (χ1n) is 6.06. The summed E-state index contributed by atoms with van der Waals surface area (Å²) in [5, 5.41) is 6.63.